The molecule has 22 saturated heterocycles. The quantitative estimate of drug-likeness (QED) is 0.0831. The number of hydrogen-bond donors (Lipinski definition) is 17. The Labute approximate surface area is 407 Å². The Morgan fingerprint density at radius 3 is 0.714 bits per heavy atom. The van der Waals surface area contributed by atoms with Gasteiger partial charge in [-0.05, 0) is 0 Å². The van der Waals surface area contributed by atoms with Gasteiger partial charge in [-0.3, -0.25) is 0 Å². The van der Waals surface area contributed by atoms with Crippen LogP contribution in [0.15, 0.2) is 0 Å². The van der Waals surface area contributed by atoms with Gasteiger partial charge in [0, 0.05) is 7.05 Å². The minimum absolute atomic E-state index is 0.306. The van der Waals surface area contributed by atoms with Gasteiger partial charge in [-0.25, -0.2) is 0 Å². The molecule has 0 spiro atoms. The average Bonchev–Trinajstić information content (AvgIpc) is 3.34. The molecular weight excluding hydrogens is 999 g/mol. The highest BCUT2D eigenvalue weighted by Gasteiger charge is 2.59. The Kier molecular flexibility index (Phi) is 19.3. The fourth-order valence-electron chi connectivity index (χ4n) is 9.46. The van der Waals surface area contributed by atoms with Gasteiger partial charge in [0.2, 0.25) is 0 Å². The van der Waals surface area contributed by atoms with Crippen LogP contribution in [0.4, 0.5) is 0 Å². The number of rotatable bonds is 7. The largest absolute Gasteiger partial charge is 0.411 e. The highest BCUT2D eigenvalue weighted by Crippen LogP contribution is 2.38. The van der Waals surface area contributed by atoms with E-state index in [-0.39, 0.29) is 4.32 Å². The summed E-state index contributed by atoms with van der Waals surface area (Å²) in [6.07, 6.45) is -55.7. The first-order valence-electron chi connectivity index (χ1n) is 22.2. The Balaban J connectivity index is 1.23. The van der Waals surface area contributed by atoms with Crippen LogP contribution in [-0.4, -0.2) is 327 Å². The molecule has 2 unspecified atom stereocenters. The Morgan fingerprint density at radius 1 is 0.329 bits per heavy atom. The topological polar surface area (TPSA) is 458 Å². The highest BCUT2D eigenvalue weighted by atomic mass is 32.1. The lowest BCUT2D eigenvalue weighted by atomic mass is 9.93. The van der Waals surface area contributed by atoms with Gasteiger partial charge in [-0.2, -0.15) is 0 Å². The van der Waals surface area contributed by atoms with Crippen molar-refractivity contribution in [2.75, 3.05) is 46.7 Å². The van der Waals surface area contributed by atoms with Crippen molar-refractivity contribution < 1.29 is 144 Å². The lowest BCUT2D eigenvalue weighted by molar-refractivity contribution is -0.401. The van der Waals surface area contributed by atoms with E-state index < -0.39 is 224 Å². The molecule has 0 radical (unpaired) electrons. The second kappa shape index (κ2) is 23.9. The smallest absolute Gasteiger partial charge is 0.187 e. The molecule has 22 fully saturated rings. The first kappa shape index (κ1) is 56.7. The maximum atomic E-state index is 11.9. The predicted octanol–water partition coefficient (Wildman–Crippen LogP) is -12.3. The Morgan fingerprint density at radius 2 is 0.514 bits per heavy atom. The zero-order valence-corrected chi connectivity index (χ0v) is 38.5. The number of aliphatic hydroxyl groups is 17. The summed E-state index contributed by atoms with van der Waals surface area (Å²) >= 11 is 10.4. The molecule has 22 rings (SSSR count). The van der Waals surface area contributed by atoms with Crippen molar-refractivity contribution in [1.82, 2.24) is 4.90 Å². The normalized spacial score (nSPS) is 52.8. The molecule has 70 heavy (non-hydrogen) atoms. The van der Waals surface area contributed by atoms with E-state index in [9.17, 15) is 86.8 Å². The maximum Gasteiger partial charge on any atom is 0.187 e. The molecule has 406 valence electrons. The standard InChI is InChI=1S/C38H63NO29S2/c1-39(38(69)70)14-15(46)26-8(2-40)57-32(14)63-27-9(3-41)58-34(21(52)16(27)47)65-29-11(5-43)60-36(23(54)18(29)49)67-31-13(7-45)62-37(25(56)20(31)51)68-30-12(6-44)61-35(24(55)19(30)50)66-28-10(4-42)59-33(64-26)22(53)17(28)48/h8-37,40-56H,2-7H2,1H3,(H,69,70)/p-1/t8-,9?,10-,11+,12-,13+,14-,15+,16-,17+,18?,19+,20-,21-,22+,23-,24+,25-,26-,27+,28+,29+,30+,31+,32-,33+,34+,35+,36+,37+/m1/s1. The minimum atomic E-state index is -2.15. The summed E-state index contributed by atoms with van der Waals surface area (Å²) in [6.45, 7) is -5.94. The molecule has 17 N–H and O–H groups in total. The van der Waals surface area contributed by atoms with E-state index in [1.54, 1.807) is 0 Å². The van der Waals surface area contributed by atoms with Gasteiger partial charge in [0.15, 0.2) is 37.7 Å². The van der Waals surface area contributed by atoms with Gasteiger partial charge in [0.05, 0.1) is 39.6 Å². The second-order valence-corrected chi connectivity index (χ2v) is 18.8. The van der Waals surface area contributed by atoms with Crippen LogP contribution in [0.3, 0.4) is 0 Å². The van der Waals surface area contributed by atoms with Crippen LogP contribution in [-0.2, 0) is 69.5 Å². The lowest BCUT2D eigenvalue weighted by Gasteiger charge is -2.52. The molecule has 22 aliphatic heterocycles. The zero-order chi connectivity index (χ0) is 51.2. The van der Waals surface area contributed by atoms with Crippen LogP contribution in [0.2, 0.25) is 0 Å². The van der Waals surface area contributed by atoms with Crippen LogP contribution in [0.1, 0.15) is 0 Å². The molecule has 30 nitrogen and oxygen atoms in total. The van der Waals surface area contributed by atoms with Crippen molar-refractivity contribution in [3.63, 3.8) is 0 Å². The summed E-state index contributed by atoms with van der Waals surface area (Å²) in [7, 11) is 1.29. The zero-order valence-electron chi connectivity index (χ0n) is 36.8. The van der Waals surface area contributed by atoms with Gasteiger partial charge in [-0.15, -0.1) is 0 Å². The summed E-state index contributed by atoms with van der Waals surface area (Å²) in [5, 5.41) is 187. The number of hydrogen-bond acceptors (Lipinski definition) is 31. The summed E-state index contributed by atoms with van der Waals surface area (Å²) in [4.78, 5) is 1.10. The van der Waals surface area contributed by atoms with Gasteiger partial charge >= 0.3 is 0 Å². The second-order valence-electron chi connectivity index (χ2n) is 17.7. The van der Waals surface area contributed by atoms with E-state index >= 15 is 0 Å². The third kappa shape index (κ3) is 11.0. The predicted molar refractivity (Wildman–Crippen MR) is 221 cm³/mol. The van der Waals surface area contributed by atoms with Crippen molar-refractivity contribution in [3.8, 4) is 0 Å². The van der Waals surface area contributed by atoms with E-state index in [1.165, 1.54) is 7.05 Å². The summed E-state index contributed by atoms with van der Waals surface area (Å²) < 4.78 is 69.1. The molecule has 0 aliphatic carbocycles. The molecule has 0 aromatic rings. The average molecular weight is 1060 g/mol. The summed E-state index contributed by atoms with van der Waals surface area (Å²) in [6, 6.07) is -1.55. The first-order chi connectivity index (χ1) is 33.2. The third-order valence-electron chi connectivity index (χ3n) is 13.4. The van der Waals surface area contributed by atoms with Crippen LogP contribution in [0.25, 0.3) is 0 Å². The Hall–Kier alpha value is -1.05. The van der Waals surface area contributed by atoms with Crippen LogP contribution in [0.5, 0.6) is 0 Å². The van der Waals surface area contributed by atoms with Crippen molar-refractivity contribution in [2.24, 2.45) is 0 Å². The van der Waals surface area contributed by atoms with E-state index in [4.69, 9.17) is 81.7 Å². The van der Waals surface area contributed by atoms with Crippen molar-refractivity contribution in [3.05, 3.63) is 0 Å². The van der Waals surface area contributed by atoms with E-state index in [2.05, 4.69) is 0 Å². The first-order valence-corrected chi connectivity index (χ1v) is 23.0. The third-order valence-corrected chi connectivity index (χ3v) is 14.0. The summed E-state index contributed by atoms with van der Waals surface area (Å²) in [5.74, 6) is 0. The minimum Gasteiger partial charge on any atom is -0.411 e. The number of thiocarbonyl (C=S) groups is 1. The molecule has 12 bridgehead atoms. The molecule has 22 heterocycles. The Bertz CT molecular complexity index is 1680. The number of ether oxygens (including phenoxy) is 12. The fraction of sp³-hybridized carbons (Fsp3) is 0.974. The molecule has 0 saturated carbocycles. The summed E-state index contributed by atoms with van der Waals surface area (Å²) in [5.41, 5.74) is 0. The number of nitrogens with zero attached hydrogens (tertiary/aromatic N) is 1. The molecule has 22 aliphatic rings. The SMILES string of the molecule is CN(C(=S)[S-])[C@H]1[C@@H]2O[C@H](CO)[C@@H](O[C@@H]3O[C@H](CO)[C@H](O[C@@H]4O[C@H](CO)[C@H](O[C@@H]5O[C@@H](CO)[C@H](O[C@@H]6O[C@@H](CO)[C@H](O[C@@H]7OC(CO)[C@H](O2)[C@H](O)[C@H]7O)C(O)[C@H]6O)[C@H](O)[C@H]5O)[C@@H](O)[C@@H]4O)[C@@H](O)[C@@H]3O)[C@H]1O. The number of likely N-dealkylation sites (N-methyl/N-ethyl adjacent to an activating group) is 1. The molecule has 30 atom stereocenters. The highest BCUT2D eigenvalue weighted by molar-refractivity contribution is 8.00. The van der Waals surface area contributed by atoms with Crippen LogP contribution in [0, 0.1) is 0 Å². The van der Waals surface area contributed by atoms with Gasteiger partial charge < -0.3 is 173 Å². The monoisotopic (exact) mass is 1060 g/mol. The molecule has 0 amide bonds. The van der Waals surface area contributed by atoms with Gasteiger partial charge in [-0.1, -0.05) is 4.32 Å². The molecule has 0 aromatic carbocycles. The maximum absolute atomic E-state index is 11.9. The van der Waals surface area contributed by atoms with Gasteiger partial charge in [0.1, 0.15) is 146 Å². The van der Waals surface area contributed by atoms with Crippen molar-refractivity contribution in [1.29, 1.82) is 0 Å². The molecule has 0 aromatic heterocycles. The van der Waals surface area contributed by atoms with E-state index in [0.29, 0.717) is 0 Å². The van der Waals surface area contributed by atoms with Crippen molar-refractivity contribution in [2.45, 2.75) is 184 Å². The van der Waals surface area contributed by atoms with Gasteiger partial charge in [0.25, 0.3) is 0 Å². The number of aliphatic hydroxyl groups excluding tert-OH is 17. The van der Waals surface area contributed by atoms with E-state index in [0.717, 1.165) is 4.90 Å². The molecule has 32 heteroatoms. The van der Waals surface area contributed by atoms with Crippen molar-refractivity contribution >= 4 is 29.2 Å². The van der Waals surface area contributed by atoms with Crippen LogP contribution < -0.4 is 0 Å². The lowest BCUT2D eigenvalue weighted by Crippen LogP contribution is -2.70. The fourth-order valence-corrected chi connectivity index (χ4v) is 9.70. The van der Waals surface area contributed by atoms with E-state index in [1.807, 2.05) is 0 Å². The van der Waals surface area contributed by atoms with Crippen LogP contribution >= 0.6 is 12.2 Å². The molecular formula is C38H62NO29S2-.